The van der Waals surface area contributed by atoms with Gasteiger partial charge in [0.15, 0.2) is 5.65 Å². The van der Waals surface area contributed by atoms with Crippen LogP contribution in [-0.2, 0) is 11.2 Å². The summed E-state index contributed by atoms with van der Waals surface area (Å²) >= 11 is 0. The zero-order chi connectivity index (χ0) is 24.4. The highest BCUT2D eigenvalue weighted by atomic mass is 19.1. The number of nitrogens with zero attached hydrogens (tertiary/aromatic N) is 5. The number of aromatic nitrogens is 5. The molecule has 1 fully saturated rings. The van der Waals surface area contributed by atoms with Crippen molar-refractivity contribution in [1.29, 1.82) is 0 Å². The number of H-pyrrole nitrogens is 1. The Labute approximate surface area is 199 Å². The van der Waals surface area contributed by atoms with Crippen molar-refractivity contribution in [2.45, 2.75) is 25.3 Å². The van der Waals surface area contributed by atoms with E-state index in [0.717, 1.165) is 28.8 Å². The van der Waals surface area contributed by atoms with Crippen LogP contribution in [0.2, 0.25) is 0 Å². The van der Waals surface area contributed by atoms with Crippen LogP contribution in [0.15, 0.2) is 42.7 Å². The monoisotopic (exact) mass is 479 g/mol. The Hall–Kier alpha value is -4.15. The third kappa shape index (κ3) is 4.75. The zero-order valence-electron chi connectivity index (χ0n) is 19.0. The van der Waals surface area contributed by atoms with Crippen LogP contribution in [-0.4, -0.2) is 62.2 Å². The van der Waals surface area contributed by atoms with Crippen LogP contribution in [0.4, 0.5) is 14.7 Å². The molecule has 1 aliphatic rings. The van der Waals surface area contributed by atoms with E-state index in [-0.39, 0.29) is 23.9 Å². The summed E-state index contributed by atoms with van der Waals surface area (Å²) in [7, 11) is 1.56. The van der Waals surface area contributed by atoms with Crippen molar-refractivity contribution in [3.8, 4) is 17.1 Å². The van der Waals surface area contributed by atoms with Gasteiger partial charge in [0.05, 0.1) is 30.2 Å². The number of benzene rings is 1. The number of halogens is 2. The number of hydrogen-bond donors (Lipinski definition) is 2. The average molecular weight is 479 g/mol. The van der Waals surface area contributed by atoms with E-state index in [2.05, 4.69) is 30.5 Å². The van der Waals surface area contributed by atoms with Crippen molar-refractivity contribution in [2.24, 2.45) is 0 Å². The number of amides is 1. The van der Waals surface area contributed by atoms with E-state index < -0.39 is 11.6 Å². The highest BCUT2D eigenvalue weighted by molar-refractivity contribution is 5.91. The van der Waals surface area contributed by atoms with Gasteiger partial charge < -0.3 is 15.0 Å². The molecule has 1 aliphatic heterocycles. The summed E-state index contributed by atoms with van der Waals surface area (Å²) in [5.41, 5.74) is 2.19. The Morgan fingerprint density at radius 3 is 2.83 bits per heavy atom. The minimum absolute atomic E-state index is 0.0795. The van der Waals surface area contributed by atoms with E-state index in [1.165, 1.54) is 6.07 Å². The number of hydrogen-bond acceptors (Lipinski definition) is 7. The van der Waals surface area contributed by atoms with Gasteiger partial charge in [0, 0.05) is 37.6 Å². The number of ether oxygens (including phenoxy) is 1. The van der Waals surface area contributed by atoms with Gasteiger partial charge in [-0.1, -0.05) is 6.07 Å². The molecule has 1 aromatic carbocycles. The van der Waals surface area contributed by atoms with Crippen molar-refractivity contribution >= 4 is 22.9 Å². The summed E-state index contributed by atoms with van der Waals surface area (Å²) in [6, 6.07) is 7.05. The number of carbonyl (C=O) groups is 1. The summed E-state index contributed by atoms with van der Waals surface area (Å²) in [5, 5.41) is 11.4. The molecule has 1 saturated heterocycles. The Morgan fingerprint density at radius 1 is 1.23 bits per heavy atom. The smallest absolute Gasteiger partial charge is 0.227 e. The zero-order valence-corrected chi connectivity index (χ0v) is 19.0. The van der Waals surface area contributed by atoms with Crippen LogP contribution in [0.5, 0.6) is 5.88 Å². The molecule has 0 unspecified atom stereocenters. The third-order valence-corrected chi connectivity index (χ3v) is 6.08. The van der Waals surface area contributed by atoms with Crippen molar-refractivity contribution in [3.05, 3.63) is 59.9 Å². The van der Waals surface area contributed by atoms with Crippen LogP contribution in [0, 0.1) is 11.6 Å². The highest BCUT2D eigenvalue weighted by Crippen LogP contribution is 2.31. The van der Waals surface area contributed by atoms with Crippen LogP contribution in [0.1, 0.15) is 18.4 Å². The van der Waals surface area contributed by atoms with Crippen LogP contribution in [0.25, 0.3) is 22.3 Å². The molecule has 0 atom stereocenters. The fourth-order valence-electron chi connectivity index (χ4n) is 4.22. The second-order valence-electron chi connectivity index (χ2n) is 8.30. The molecule has 1 amide bonds. The van der Waals surface area contributed by atoms with Crippen LogP contribution >= 0.6 is 0 Å². The number of likely N-dealkylation sites (tertiary alicyclic amines) is 1. The van der Waals surface area contributed by atoms with Gasteiger partial charge in [-0.05, 0) is 36.6 Å². The Balaban J connectivity index is 1.21. The maximum absolute atomic E-state index is 13.9. The lowest BCUT2D eigenvalue weighted by molar-refractivity contribution is -0.131. The fourth-order valence-corrected chi connectivity index (χ4v) is 4.22. The van der Waals surface area contributed by atoms with Gasteiger partial charge in [-0.3, -0.25) is 9.89 Å². The van der Waals surface area contributed by atoms with Gasteiger partial charge >= 0.3 is 0 Å². The first-order chi connectivity index (χ1) is 17.0. The van der Waals surface area contributed by atoms with E-state index in [4.69, 9.17) is 4.74 Å². The number of carbonyl (C=O) groups excluding carboxylic acids is 1. The Morgan fingerprint density at radius 2 is 2.06 bits per heavy atom. The number of piperidine rings is 1. The van der Waals surface area contributed by atoms with Crippen molar-refractivity contribution in [1.82, 2.24) is 30.0 Å². The third-order valence-electron chi connectivity index (χ3n) is 6.08. The van der Waals surface area contributed by atoms with E-state index in [1.807, 2.05) is 12.1 Å². The summed E-state index contributed by atoms with van der Waals surface area (Å²) < 4.78 is 32.3. The maximum atomic E-state index is 13.9. The van der Waals surface area contributed by atoms with E-state index in [9.17, 15) is 13.6 Å². The van der Waals surface area contributed by atoms with E-state index >= 15 is 0 Å². The lowest BCUT2D eigenvalue weighted by Gasteiger charge is -2.32. The number of rotatable bonds is 6. The quantitative estimate of drug-likeness (QED) is 0.437. The number of anilines is 1. The molecule has 4 aromatic rings. The van der Waals surface area contributed by atoms with Crippen molar-refractivity contribution in [2.75, 3.05) is 25.5 Å². The molecular weight excluding hydrogens is 456 g/mol. The van der Waals surface area contributed by atoms with Gasteiger partial charge in [-0.15, -0.1) is 0 Å². The summed E-state index contributed by atoms with van der Waals surface area (Å²) in [6.45, 7) is 1.05. The molecule has 180 valence electrons. The maximum Gasteiger partial charge on any atom is 0.227 e. The minimum atomic E-state index is -0.703. The molecule has 0 aliphatic carbocycles. The molecule has 0 bridgehead atoms. The molecule has 0 radical (unpaired) electrons. The lowest BCUT2D eigenvalue weighted by atomic mass is 10.0. The number of pyridine rings is 1. The molecule has 0 saturated carbocycles. The molecule has 2 N–H and O–H groups in total. The highest BCUT2D eigenvalue weighted by Gasteiger charge is 2.24. The summed E-state index contributed by atoms with van der Waals surface area (Å²) in [4.78, 5) is 27.5. The van der Waals surface area contributed by atoms with Crippen LogP contribution < -0.4 is 10.1 Å². The molecule has 5 rings (SSSR count). The number of nitrogens with one attached hydrogen (secondary N) is 2. The largest absolute Gasteiger partial charge is 0.481 e. The standard InChI is InChI=1S/C24H23F2N7O2/c1-35-23-17(3-2-8-27-23)21-18-13-28-24(30-22(18)32-31-21)29-16-6-9-33(10-7-16)20(34)11-14-4-5-15(25)12-19(14)26/h2-5,8,12-13,16H,6-7,9-11H2,1H3,(H2,28,29,30,31,32). The molecule has 4 heterocycles. The second kappa shape index (κ2) is 9.61. The number of fused-ring (bicyclic) bond motifs is 1. The summed E-state index contributed by atoms with van der Waals surface area (Å²) in [6.07, 6.45) is 4.65. The van der Waals surface area contributed by atoms with Crippen molar-refractivity contribution < 1.29 is 18.3 Å². The topological polar surface area (TPSA) is 109 Å². The number of methoxy groups -OCH3 is 1. The molecule has 35 heavy (non-hydrogen) atoms. The molecule has 9 nitrogen and oxygen atoms in total. The molecular formula is C24H23F2N7O2. The first-order valence-corrected chi connectivity index (χ1v) is 11.2. The minimum Gasteiger partial charge on any atom is -0.481 e. The van der Waals surface area contributed by atoms with Crippen LogP contribution in [0.3, 0.4) is 0 Å². The first-order valence-electron chi connectivity index (χ1n) is 11.2. The fraction of sp³-hybridized carbons (Fsp3) is 0.292. The average Bonchev–Trinajstić information content (AvgIpc) is 3.29. The lowest BCUT2D eigenvalue weighted by Crippen LogP contribution is -2.43. The molecule has 11 heteroatoms. The Bertz CT molecular complexity index is 1370. The van der Waals surface area contributed by atoms with E-state index in [0.29, 0.717) is 43.4 Å². The van der Waals surface area contributed by atoms with Gasteiger partial charge in [0.1, 0.15) is 11.6 Å². The van der Waals surface area contributed by atoms with Gasteiger partial charge in [0.25, 0.3) is 0 Å². The first kappa shape index (κ1) is 22.6. The Kier molecular flexibility index (Phi) is 6.21. The van der Waals surface area contributed by atoms with Gasteiger partial charge in [0.2, 0.25) is 17.7 Å². The molecule has 3 aromatic heterocycles. The normalized spacial score (nSPS) is 14.3. The predicted octanol–water partition coefficient (Wildman–Crippen LogP) is 3.35. The van der Waals surface area contributed by atoms with Crippen molar-refractivity contribution in [3.63, 3.8) is 0 Å². The SMILES string of the molecule is COc1ncccc1-c1[nH]nc2nc(NC3CCN(C(=O)Cc4ccc(F)cc4F)CC3)ncc12. The number of aromatic amines is 1. The van der Waals surface area contributed by atoms with E-state index in [1.54, 1.807) is 24.4 Å². The predicted molar refractivity (Wildman–Crippen MR) is 125 cm³/mol. The summed E-state index contributed by atoms with van der Waals surface area (Å²) in [5.74, 6) is -0.614. The molecule has 0 spiro atoms. The van der Waals surface area contributed by atoms with Gasteiger partial charge in [-0.25, -0.2) is 18.7 Å². The van der Waals surface area contributed by atoms with Gasteiger partial charge in [-0.2, -0.15) is 10.1 Å². The second-order valence-corrected chi connectivity index (χ2v) is 8.30.